The van der Waals surface area contributed by atoms with Crippen molar-refractivity contribution < 1.29 is 0 Å². The van der Waals surface area contributed by atoms with Crippen LogP contribution in [0.2, 0.25) is 0 Å². The van der Waals surface area contributed by atoms with Crippen LogP contribution in [0.4, 0.5) is 0 Å². The molecule has 0 fully saturated rings. The minimum atomic E-state index is 1.00. The van der Waals surface area contributed by atoms with Gasteiger partial charge >= 0.3 is 0 Å². The Labute approximate surface area is 301 Å². The fourth-order valence-corrected chi connectivity index (χ4v) is 9.97. The van der Waals surface area contributed by atoms with E-state index in [0.29, 0.717) is 0 Å². The molecule has 5 heteroatoms. The van der Waals surface area contributed by atoms with E-state index >= 15 is 0 Å². The summed E-state index contributed by atoms with van der Waals surface area (Å²) in [5.74, 6) is 0. The molecular formula is C47H28N4S. The predicted molar refractivity (Wildman–Crippen MR) is 220 cm³/mol. The lowest BCUT2D eigenvalue weighted by Gasteiger charge is -2.12. The van der Waals surface area contributed by atoms with E-state index in [-0.39, 0.29) is 0 Å². The number of benzene rings is 7. The van der Waals surface area contributed by atoms with Gasteiger partial charge < -0.3 is 13.7 Å². The standard InChI is InChI=1S/C47H28N4S/c1-2-12-29(13-3-1)49-39-25-23-30(28-36(39)45-41(49)21-11-27-48-45)50-37-18-7-4-14-31(37)33-24-26-40-44(46(33)50)35-16-5-8-19-38(35)51(40)42-20-10-17-34-32-15-6-9-22-43(32)52-47(34)42/h1-28H. The maximum atomic E-state index is 4.94. The van der Waals surface area contributed by atoms with Gasteiger partial charge in [-0.1, -0.05) is 91.0 Å². The molecule has 0 amide bonds. The van der Waals surface area contributed by atoms with Crippen LogP contribution in [0.5, 0.6) is 0 Å². The summed E-state index contributed by atoms with van der Waals surface area (Å²) in [6.07, 6.45) is 1.90. The number of aromatic nitrogens is 4. The smallest absolute Gasteiger partial charge is 0.0964 e. The van der Waals surface area contributed by atoms with E-state index < -0.39 is 0 Å². The first-order valence-corrected chi connectivity index (χ1v) is 18.5. The molecule has 5 heterocycles. The Balaban J connectivity index is 1.21. The number of rotatable bonds is 3. The minimum Gasteiger partial charge on any atom is -0.309 e. The van der Waals surface area contributed by atoms with Gasteiger partial charge in [0.25, 0.3) is 0 Å². The van der Waals surface area contributed by atoms with Crippen LogP contribution in [0, 0.1) is 0 Å². The minimum absolute atomic E-state index is 1.00. The number of hydrogen-bond donors (Lipinski definition) is 0. The molecule has 0 aliphatic heterocycles. The lowest BCUT2D eigenvalue weighted by Crippen LogP contribution is -1.96. The molecule has 0 radical (unpaired) electrons. The Morgan fingerprint density at radius 2 is 1.10 bits per heavy atom. The number of hydrogen-bond acceptors (Lipinski definition) is 2. The molecule has 0 atom stereocenters. The molecule has 0 aliphatic rings. The average molecular weight is 681 g/mol. The van der Waals surface area contributed by atoms with Gasteiger partial charge in [-0.3, -0.25) is 4.98 Å². The van der Waals surface area contributed by atoms with Crippen LogP contribution >= 0.6 is 11.3 Å². The van der Waals surface area contributed by atoms with E-state index in [9.17, 15) is 0 Å². The number of pyridine rings is 1. The maximum absolute atomic E-state index is 4.94. The third-order valence-corrected chi connectivity index (χ3v) is 12.1. The highest BCUT2D eigenvalue weighted by Gasteiger charge is 2.23. The first-order valence-electron chi connectivity index (χ1n) is 17.6. The molecule has 0 aliphatic carbocycles. The highest BCUT2D eigenvalue weighted by atomic mass is 32.1. The van der Waals surface area contributed by atoms with Gasteiger partial charge in [-0.15, -0.1) is 11.3 Å². The Morgan fingerprint density at radius 1 is 0.404 bits per heavy atom. The van der Waals surface area contributed by atoms with Crippen LogP contribution in [0.3, 0.4) is 0 Å². The molecule has 242 valence electrons. The lowest BCUT2D eigenvalue weighted by atomic mass is 10.1. The molecule has 7 aromatic carbocycles. The normalized spacial score (nSPS) is 12.2. The Bertz CT molecular complexity index is 3410. The zero-order valence-electron chi connectivity index (χ0n) is 27.9. The molecule has 5 aromatic heterocycles. The molecule has 0 N–H and O–H groups in total. The summed E-state index contributed by atoms with van der Waals surface area (Å²) in [5.41, 5.74) is 11.5. The third kappa shape index (κ3) is 3.67. The summed E-state index contributed by atoms with van der Waals surface area (Å²) in [6.45, 7) is 0. The molecule has 12 rings (SSSR count). The van der Waals surface area contributed by atoms with Gasteiger partial charge in [0, 0.05) is 60.0 Å². The summed E-state index contributed by atoms with van der Waals surface area (Å²) >= 11 is 1.88. The second-order valence-corrected chi connectivity index (χ2v) is 14.6. The van der Waals surface area contributed by atoms with Gasteiger partial charge in [-0.25, -0.2) is 0 Å². The van der Waals surface area contributed by atoms with Crippen LogP contribution < -0.4 is 0 Å². The first kappa shape index (κ1) is 28.1. The zero-order chi connectivity index (χ0) is 33.9. The van der Waals surface area contributed by atoms with E-state index in [2.05, 4.69) is 171 Å². The topological polar surface area (TPSA) is 27.7 Å². The second kappa shape index (κ2) is 10.4. The van der Waals surface area contributed by atoms with E-state index in [4.69, 9.17) is 4.98 Å². The van der Waals surface area contributed by atoms with Crippen molar-refractivity contribution in [3.63, 3.8) is 0 Å². The van der Waals surface area contributed by atoms with Crippen molar-refractivity contribution in [1.29, 1.82) is 0 Å². The van der Waals surface area contributed by atoms with Crippen LogP contribution in [-0.2, 0) is 0 Å². The summed E-state index contributed by atoms with van der Waals surface area (Å²) in [5, 5.41) is 8.74. The van der Waals surface area contributed by atoms with Crippen molar-refractivity contribution in [3.8, 4) is 17.1 Å². The monoisotopic (exact) mass is 680 g/mol. The zero-order valence-corrected chi connectivity index (χ0v) is 28.7. The number of thiophene rings is 1. The van der Waals surface area contributed by atoms with E-state index in [1.807, 2.05) is 23.6 Å². The van der Waals surface area contributed by atoms with Crippen LogP contribution in [0.15, 0.2) is 170 Å². The number of para-hydroxylation sites is 3. The molecule has 0 bridgehead atoms. The number of nitrogens with zero attached hydrogens (tertiary/aromatic N) is 4. The van der Waals surface area contributed by atoms with Gasteiger partial charge in [-0.05, 0) is 72.8 Å². The van der Waals surface area contributed by atoms with E-state index in [1.54, 1.807) is 0 Å². The summed E-state index contributed by atoms with van der Waals surface area (Å²) in [7, 11) is 0. The van der Waals surface area contributed by atoms with Gasteiger partial charge in [-0.2, -0.15) is 0 Å². The van der Waals surface area contributed by atoms with E-state index in [0.717, 1.165) is 33.3 Å². The highest BCUT2D eigenvalue weighted by molar-refractivity contribution is 7.26. The Morgan fingerprint density at radius 3 is 1.98 bits per heavy atom. The van der Waals surface area contributed by atoms with Gasteiger partial charge in [0.2, 0.25) is 0 Å². The van der Waals surface area contributed by atoms with Crippen LogP contribution in [-0.4, -0.2) is 18.7 Å². The molecule has 4 nitrogen and oxygen atoms in total. The largest absolute Gasteiger partial charge is 0.309 e. The molecule has 52 heavy (non-hydrogen) atoms. The highest BCUT2D eigenvalue weighted by Crippen LogP contribution is 2.45. The van der Waals surface area contributed by atoms with E-state index in [1.165, 1.54) is 69.5 Å². The van der Waals surface area contributed by atoms with Crippen molar-refractivity contribution in [2.24, 2.45) is 0 Å². The fraction of sp³-hybridized carbons (Fsp3) is 0. The fourth-order valence-electron chi connectivity index (χ4n) is 8.76. The van der Waals surface area contributed by atoms with Crippen molar-refractivity contribution in [1.82, 2.24) is 18.7 Å². The molecule has 0 unspecified atom stereocenters. The molecule has 0 saturated heterocycles. The van der Waals surface area contributed by atoms with Gasteiger partial charge in [0.1, 0.15) is 0 Å². The first-order chi connectivity index (χ1) is 25.8. The van der Waals surface area contributed by atoms with Crippen LogP contribution in [0.25, 0.3) is 103 Å². The Kier molecular flexibility index (Phi) is 5.62. The van der Waals surface area contributed by atoms with Gasteiger partial charge in [0.15, 0.2) is 0 Å². The van der Waals surface area contributed by atoms with Crippen molar-refractivity contribution >= 4 is 97.1 Å². The van der Waals surface area contributed by atoms with Crippen LogP contribution in [0.1, 0.15) is 0 Å². The van der Waals surface area contributed by atoms with Gasteiger partial charge in [0.05, 0.1) is 49.0 Å². The third-order valence-electron chi connectivity index (χ3n) is 10.9. The van der Waals surface area contributed by atoms with Crippen molar-refractivity contribution in [2.75, 3.05) is 0 Å². The lowest BCUT2D eigenvalue weighted by molar-refractivity contribution is 1.16. The van der Waals surface area contributed by atoms with Crippen molar-refractivity contribution in [3.05, 3.63) is 170 Å². The summed E-state index contributed by atoms with van der Waals surface area (Å²) in [6, 6.07) is 59.6. The summed E-state index contributed by atoms with van der Waals surface area (Å²) in [4.78, 5) is 4.94. The van der Waals surface area contributed by atoms with Crippen molar-refractivity contribution in [2.45, 2.75) is 0 Å². The molecule has 0 spiro atoms. The SMILES string of the molecule is c1ccc(-n2c3ccc(-n4c5ccccc5c5ccc6c(c7ccccc7n6-c6cccc7c6sc6ccccc67)c54)cc3c3ncccc32)cc1. The predicted octanol–water partition coefficient (Wildman–Crippen LogP) is 12.7. The molecule has 12 aromatic rings. The second-order valence-electron chi connectivity index (χ2n) is 13.6. The quantitative estimate of drug-likeness (QED) is 0.182. The molecule has 0 saturated carbocycles. The summed E-state index contributed by atoms with van der Waals surface area (Å²) < 4.78 is 9.92. The molecular weight excluding hydrogens is 653 g/mol. The maximum Gasteiger partial charge on any atom is 0.0964 e. The number of fused-ring (bicyclic) bond motifs is 13. The Hall–Kier alpha value is -6.69. The average Bonchev–Trinajstić information content (AvgIpc) is 3.94.